The summed E-state index contributed by atoms with van der Waals surface area (Å²) in [6, 6.07) is 24.0. The molecular formula is C27H26N4O2. The van der Waals surface area contributed by atoms with Crippen LogP contribution in [0.2, 0.25) is 0 Å². The number of rotatable bonds is 7. The van der Waals surface area contributed by atoms with Crippen molar-refractivity contribution in [2.75, 3.05) is 5.73 Å². The number of nitrogen functional groups attached to an aromatic ring is 1. The molecule has 0 radical (unpaired) electrons. The quantitative estimate of drug-likeness (QED) is 0.409. The molecule has 0 spiro atoms. The Kier molecular flexibility index (Phi) is 6.64. The number of carbonyl (C=O) groups excluding carboxylic acids is 2. The number of benzene rings is 3. The van der Waals surface area contributed by atoms with Gasteiger partial charge in [-0.05, 0) is 47.0 Å². The third-order valence-electron chi connectivity index (χ3n) is 5.55. The van der Waals surface area contributed by atoms with Crippen molar-refractivity contribution < 1.29 is 9.59 Å². The molecule has 1 aromatic heterocycles. The maximum atomic E-state index is 13.2. The van der Waals surface area contributed by atoms with Crippen LogP contribution in [0.5, 0.6) is 0 Å². The highest BCUT2D eigenvalue weighted by molar-refractivity contribution is 5.98. The highest BCUT2D eigenvalue weighted by atomic mass is 16.2. The number of aryl methyl sites for hydroxylation is 1. The van der Waals surface area contributed by atoms with Gasteiger partial charge in [-0.1, -0.05) is 66.2 Å². The van der Waals surface area contributed by atoms with Crippen molar-refractivity contribution in [3.05, 3.63) is 107 Å². The minimum absolute atomic E-state index is 0.264. The van der Waals surface area contributed by atoms with Crippen LogP contribution < -0.4 is 16.4 Å². The minimum Gasteiger partial charge on any atom is -0.384 e. The summed E-state index contributed by atoms with van der Waals surface area (Å²) in [6.07, 6.45) is 1.99. The van der Waals surface area contributed by atoms with Crippen LogP contribution in [0.3, 0.4) is 0 Å². The molecule has 0 bridgehead atoms. The Morgan fingerprint density at radius 1 is 0.939 bits per heavy atom. The predicted molar refractivity (Wildman–Crippen MR) is 131 cm³/mol. The Morgan fingerprint density at radius 2 is 1.70 bits per heavy atom. The molecule has 3 aromatic carbocycles. The number of fused-ring (bicyclic) bond motifs is 1. The zero-order valence-corrected chi connectivity index (χ0v) is 18.4. The molecule has 4 rings (SSSR count). The first-order valence-corrected chi connectivity index (χ1v) is 10.8. The molecule has 0 saturated heterocycles. The summed E-state index contributed by atoms with van der Waals surface area (Å²) in [5, 5.41) is 7.99. The molecule has 1 atom stereocenters. The highest BCUT2D eigenvalue weighted by Crippen LogP contribution is 2.20. The molecule has 2 amide bonds. The standard InChI is InChI=1S/C27H26N4O2/c1-18-9-12-21(13-10-18)26(32)31-24(27(33)30-17-19-11-14-25(28)29-16-19)15-22-7-4-6-20-5-2-3-8-23(20)22/h2-14,16,24H,15,17H2,1H3,(H2,28,29)(H,30,33)(H,31,32)/t24-/m0/s1. The predicted octanol–water partition coefficient (Wildman–Crippen LogP) is 3.78. The fourth-order valence-electron chi connectivity index (χ4n) is 3.70. The van der Waals surface area contributed by atoms with Crippen molar-refractivity contribution in [1.82, 2.24) is 15.6 Å². The van der Waals surface area contributed by atoms with Crippen LogP contribution in [0.15, 0.2) is 85.1 Å². The van der Waals surface area contributed by atoms with Gasteiger partial charge in [-0.2, -0.15) is 0 Å². The number of anilines is 1. The summed E-state index contributed by atoms with van der Waals surface area (Å²) < 4.78 is 0. The van der Waals surface area contributed by atoms with Gasteiger partial charge in [0, 0.05) is 24.7 Å². The molecule has 0 aliphatic carbocycles. The average Bonchev–Trinajstić information content (AvgIpc) is 2.83. The molecule has 0 unspecified atom stereocenters. The van der Waals surface area contributed by atoms with Gasteiger partial charge in [0.05, 0.1) is 0 Å². The number of pyridine rings is 1. The lowest BCUT2D eigenvalue weighted by Gasteiger charge is -2.20. The molecule has 6 heteroatoms. The monoisotopic (exact) mass is 438 g/mol. The van der Waals surface area contributed by atoms with Crippen molar-refractivity contribution in [3.8, 4) is 0 Å². The summed E-state index contributed by atoms with van der Waals surface area (Å²) in [6.45, 7) is 2.25. The number of carbonyl (C=O) groups is 2. The summed E-state index contributed by atoms with van der Waals surface area (Å²) in [4.78, 5) is 30.2. The first-order chi connectivity index (χ1) is 16.0. The Morgan fingerprint density at radius 3 is 2.45 bits per heavy atom. The van der Waals surface area contributed by atoms with E-state index in [-0.39, 0.29) is 11.8 Å². The number of nitrogens with zero attached hydrogens (tertiary/aromatic N) is 1. The van der Waals surface area contributed by atoms with E-state index >= 15 is 0 Å². The van der Waals surface area contributed by atoms with E-state index in [1.165, 1.54) is 0 Å². The maximum absolute atomic E-state index is 13.2. The van der Waals surface area contributed by atoms with E-state index in [0.717, 1.165) is 27.5 Å². The summed E-state index contributed by atoms with van der Waals surface area (Å²) >= 11 is 0. The summed E-state index contributed by atoms with van der Waals surface area (Å²) in [5.74, 6) is -0.131. The van der Waals surface area contributed by atoms with E-state index in [1.807, 2.05) is 67.6 Å². The lowest BCUT2D eigenvalue weighted by molar-refractivity contribution is -0.123. The van der Waals surface area contributed by atoms with Gasteiger partial charge in [0.2, 0.25) is 5.91 Å². The fourth-order valence-corrected chi connectivity index (χ4v) is 3.70. The molecule has 1 heterocycles. The largest absolute Gasteiger partial charge is 0.384 e. The van der Waals surface area contributed by atoms with Crippen molar-refractivity contribution >= 4 is 28.4 Å². The summed E-state index contributed by atoms with van der Waals surface area (Å²) in [7, 11) is 0. The molecule has 0 fully saturated rings. The van der Waals surface area contributed by atoms with Gasteiger partial charge in [0.1, 0.15) is 11.9 Å². The van der Waals surface area contributed by atoms with Gasteiger partial charge in [-0.3, -0.25) is 9.59 Å². The van der Waals surface area contributed by atoms with E-state index in [1.54, 1.807) is 24.4 Å². The normalized spacial score (nSPS) is 11.7. The highest BCUT2D eigenvalue weighted by Gasteiger charge is 2.22. The molecule has 4 aromatic rings. The maximum Gasteiger partial charge on any atom is 0.251 e. The molecule has 166 valence electrons. The second-order valence-corrected chi connectivity index (χ2v) is 8.04. The number of hydrogen-bond acceptors (Lipinski definition) is 4. The van der Waals surface area contributed by atoms with E-state index in [4.69, 9.17) is 5.73 Å². The van der Waals surface area contributed by atoms with Gasteiger partial charge in [-0.25, -0.2) is 4.98 Å². The van der Waals surface area contributed by atoms with Gasteiger partial charge < -0.3 is 16.4 Å². The fraction of sp³-hybridized carbons (Fsp3) is 0.148. The van der Waals surface area contributed by atoms with E-state index in [2.05, 4.69) is 15.6 Å². The molecule has 6 nitrogen and oxygen atoms in total. The molecular weight excluding hydrogens is 412 g/mol. The van der Waals surface area contributed by atoms with Crippen LogP contribution in [0, 0.1) is 6.92 Å². The SMILES string of the molecule is Cc1ccc(C(=O)N[C@@H](Cc2cccc3ccccc23)C(=O)NCc2ccc(N)nc2)cc1. The Hall–Kier alpha value is -4.19. The van der Waals surface area contributed by atoms with Crippen molar-refractivity contribution in [2.45, 2.75) is 25.9 Å². The topological polar surface area (TPSA) is 97.1 Å². The Balaban J connectivity index is 1.56. The van der Waals surface area contributed by atoms with Crippen molar-refractivity contribution in [1.29, 1.82) is 0 Å². The number of aromatic nitrogens is 1. The Labute approximate surface area is 192 Å². The molecule has 0 saturated carbocycles. The summed E-state index contributed by atoms with van der Waals surface area (Å²) in [5.41, 5.74) is 9.03. The smallest absolute Gasteiger partial charge is 0.251 e. The van der Waals surface area contributed by atoms with E-state index in [0.29, 0.717) is 24.3 Å². The van der Waals surface area contributed by atoms with Crippen LogP contribution in [-0.4, -0.2) is 22.8 Å². The van der Waals surface area contributed by atoms with Crippen molar-refractivity contribution in [2.24, 2.45) is 0 Å². The van der Waals surface area contributed by atoms with E-state index in [9.17, 15) is 9.59 Å². The zero-order chi connectivity index (χ0) is 23.2. The third kappa shape index (κ3) is 5.54. The zero-order valence-electron chi connectivity index (χ0n) is 18.4. The first-order valence-electron chi connectivity index (χ1n) is 10.8. The lowest BCUT2D eigenvalue weighted by atomic mass is 9.98. The average molecular weight is 439 g/mol. The number of nitrogens with two attached hydrogens (primary N) is 1. The number of nitrogens with one attached hydrogen (secondary N) is 2. The molecule has 0 aliphatic rings. The third-order valence-corrected chi connectivity index (χ3v) is 5.55. The minimum atomic E-state index is -0.744. The number of hydrogen-bond donors (Lipinski definition) is 3. The second kappa shape index (κ2) is 9.96. The van der Waals surface area contributed by atoms with Gasteiger partial charge in [0.25, 0.3) is 5.91 Å². The van der Waals surface area contributed by atoms with Crippen LogP contribution in [-0.2, 0) is 17.8 Å². The number of amides is 2. The molecule has 33 heavy (non-hydrogen) atoms. The van der Waals surface area contributed by atoms with Crippen molar-refractivity contribution in [3.63, 3.8) is 0 Å². The van der Waals surface area contributed by atoms with E-state index < -0.39 is 6.04 Å². The van der Waals surface area contributed by atoms with Gasteiger partial charge in [-0.15, -0.1) is 0 Å². The van der Waals surface area contributed by atoms with Gasteiger partial charge in [0.15, 0.2) is 0 Å². The molecule has 4 N–H and O–H groups in total. The lowest BCUT2D eigenvalue weighted by Crippen LogP contribution is -2.47. The van der Waals surface area contributed by atoms with Gasteiger partial charge >= 0.3 is 0 Å². The van der Waals surface area contributed by atoms with Crippen LogP contribution in [0.25, 0.3) is 10.8 Å². The van der Waals surface area contributed by atoms with Crippen LogP contribution >= 0.6 is 0 Å². The van der Waals surface area contributed by atoms with Crippen LogP contribution in [0.1, 0.15) is 27.0 Å². The first kappa shape index (κ1) is 22.0. The molecule has 0 aliphatic heterocycles. The second-order valence-electron chi connectivity index (χ2n) is 8.04. The Bertz CT molecular complexity index is 1260. The van der Waals surface area contributed by atoms with Crippen LogP contribution in [0.4, 0.5) is 5.82 Å².